The Bertz CT molecular complexity index is 1170. The Labute approximate surface area is 181 Å². The number of carbonyl (C=O) groups excluding carboxylic acids is 1. The first kappa shape index (κ1) is 20.0. The Balaban J connectivity index is 1.49. The maximum absolute atomic E-state index is 12.6. The third-order valence-electron chi connectivity index (χ3n) is 5.11. The van der Waals surface area contributed by atoms with Gasteiger partial charge in [0.1, 0.15) is 5.75 Å². The number of hydrogen-bond acceptors (Lipinski definition) is 2. The van der Waals surface area contributed by atoms with Gasteiger partial charge >= 0.3 is 0 Å². The zero-order valence-electron chi connectivity index (χ0n) is 16.8. The summed E-state index contributed by atoms with van der Waals surface area (Å²) < 4.78 is 7.42. The van der Waals surface area contributed by atoms with Crippen LogP contribution in [0.5, 0.6) is 5.75 Å². The summed E-state index contributed by atoms with van der Waals surface area (Å²) in [4.78, 5) is 12.6. The van der Waals surface area contributed by atoms with E-state index in [2.05, 4.69) is 28.2 Å². The van der Waals surface area contributed by atoms with Gasteiger partial charge in [0.15, 0.2) is 0 Å². The summed E-state index contributed by atoms with van der Waals surface area (Å²) in [5.41, 5.74) is 4.30. The van der Waals surface area contributed by atoms with Gasteiger partial charge in [-0.25, -0.2) is 0 Å². The van der Waals surface area contributed by atoms with E-state index in [0.29, 0.717) is 13.0 Å². The lowest BCUT2D eigenvalue weighted by Crippen LogP contribution is -2.24. The number of hydrogen-bond donors (Lipinski definition) is 1. The fraction of sp³-hybridized carbons (Fsp3) is 0.160. The minimum absolute atomic E-state index is 0.00721. The molecule has 1 aromatic heterocycles. The number of benzene rings is 3. The Hall–Kier alpha value is -3.24. The molecule has 5 heteroatoms. The number of aromatic nitrogens is 1. The molecule has 0 bridgehead atoms. The van der Waals surface area contributed by atoms with Crippen LogP contribution in [0.15, 0.2) is 79.0 Å². The van der Waals surface area contributed by atoms with Crippen molar-refractivity contribution < 1.29 is 9.53 Å². The molecule has 0 radical (unpaired) electrons. The third kappa shape index (κ3) is 4.66. The molecule has 0 aliphatic carbocycles. The maximum Gasteiger partial charge on any atom is 0.224 e. The van der Waals surface area contributed by atoms with Crippen LogP contribution in [0.4, 0.5) is 0 Å². The number of nitrogens with one attached hydrogen (secondary N) is 1. The average Bonchev–Trinajstić information content (AvgIpc) is 3.11. The van der Waals surface area contributed by atoms with E-state index < -0.39 is 0 Å². The highest BCUT2D eigenvalue weighted by atomic mass is 35.5. The van der Waals surface area contributed by atoms with Crippen LogP contribution < -0.4 is 10.1 Å². The molecule has 0 aliphatic rings. The molecule has 0 unspecified atom stereocenters. The van der Waals surface area contributed by atoms with Crippen LogP contribution in [0.25, 0.3) is 10.9 Å². The first-order chi connectivity index (χ1) is 14.6. The fourth-order valence-electron chi connectivity index (χ4n) is 3.60. The molecule has 3 aromatic carbocycles. The zero-order valence-corrected chi connectivity index (χ0v) is 17.5. The molecule has 0 saturated heterocycles. The van der Waals surface area contributed by atoms with Crippen molar-refractivity contribution >= 4 is 28.4 Å². The summed E-state index contributed by atoms with van der Waals surface area (Å²) in [6, 6.07) is 23.7. The van der Waals surface area contributed by atoms with Crippen molar-refractivity contribution in [2.75, 3.05) is 7.11 Å². The summed E-state index contributed by atoms with van der Waals surface area (Å²) >= 11 is 6.00. The number of carbonyl (C=O) groups is 1. The van der Waals surface area contributed by atoms with Gasteiger partial charge in [-0.1, -0.05) is 54.1 Å². The number of methoxy groups -OCH3 is 1. The molecular weight excluding hydrogens is 396 g/mol. The van der Waals surface area contributed by atoms with E-state index in [4.69, 9.17) is 16.3 Å². The molecule has 4 rings (SSSR count). The van der Waals surface area contributed by atoms with Gasteiger partial charge in [-0.05, 0) is 47.0 Å². The third-order valence-corrected chi connectivity index (χ3v) is 5.36. The van der Waals surface area contributed by atoms with Crippen LogP contribution in [-0.2, 0) is 24.3 Å². The van der Waals surface area contributed by atoms with Crippen molar-refractivity contribution in [3.63, 3.8) is 0 Å². The SMILES string of the molecule is COc1cccc(CNC(=O)Cc2cn(Cc3ccc(Cl)cc3)c3ccccc23)c1. The van der Waals surface area contributed by atoms with Gasteiger partial charge in [-0.3, -0.25) is 4.79 Å². The van der Waals surface area contributed by atoms with Gasteiger partial charge < -0.3 is 14.6 Å². The van der Waals surface area contributed by atoms with Gasteiger partial charge in [-0.2, -0.15) is 0 Å². The highest BCUT2D eigenvalue weighted by Gasteiger charge is 2.12. The van der Waals surface area contributed by atoms with E-state index >= 15 is 0 Å². The second kappa shape index (κ2) is 9.06. The van der Waals surface area contributed by atoms with Crippen LogP contribution in [0.2, 0.25) is 5.02 Å². The summed E-state index contributed by atoms with van der Waals surface area (Å²) in [6.45, 7) is 1.20. The zero-order chi connectivity index (χ0) is 20.9. The predicted molar refractivity (Wildman–Crippen MR) is 121 cm³/mol. The molecule has 0 saturated carbocycles. The highest BCUT2D eigenvalue weighted by molar-refractivity contribution is 6.30. The summed E-state index contributed by atoms with van der Waals surface area (Å²) in [6.07, 6.45) is 2.41. The van der Waals surface area contributed by atoms with Crippen molar-refractivity contribution in [2.24, 2.45) is 0 Å². The number of ether oxygens (including phenoxy) is 1. The molecular formula is C25H23ClN2O2. The van der Waals surface area contributed by atoms with E-state index in [1.165, 1.54) is 0 Å². The summed E-state index contributed by atoms with van der Waals surface area (Å²) in [5.74, 6) is 0.777. The van der Waals surface area contributed by atoms with Crippen molar-refractivity contribution in [2.45, 2.75) is 19.5 Å². The fourth-order valence-corrected chi connectivity index (χ4v) is 3.73. The second-order valence-corrected chi connectivity index (χ2v) is 7.67. The quantitative estimate of drug-likeness (QED) is 0.447. The number of para-hydroxylation sites is 1. The largest absolute Gasteiger partial charge is 0.497 e. The normalized spacial score (nSPS) is 10.9. The first-order valence-electron chi connectivity index (χ1n) is 9.83. The number of rotatable bonds is 7. The van der Waals surface area contributed by atoms with Crippen molar-refractivity contribution in [1.29, 1.82) is 0 Å². The average molecular weight is 419 g/mol. The molecule has 30 heavy (non-hydrogen) atoms. The Morgan fingerprint density at radius 1 is 1.00 bits per heavy atom. The van der Waals surface area contributed by atoms with Gasteiger partial charge in [0.2, 0.25) is 5.91 Å². The van der Waals surface area contributed by atoms with Crippen LogP contribution in [0, 0.1) is 0 Å². The van der Waals surface area contributed by atoms with Crippen molar-refractivity contribution in [1.82, 2.24) is 9.88 Å². The van der Waals surface area contributed by atoms with E-state index in [1.807, 2.05) is 60.7 Å². The lowest BCUT2D eigenvalue weighted by atomic mass is 10.1. The first-order valence-corrected chi connectivity index (χ1v) is 10.2. The smallest absolute Gasteiger partial charge is 0.224 e. The Morgan fingerprint density at radius 2 is 1.80 bits per heavy atom. The number of fused-ring (bicyclic) bond motifs is 1. The minimum atomic E-state index is -0.00721. The summed E-state index contributed by atoms with van der Waals surface area (Å²) in [5, 5.41) is 4.84. The molecule has 0 atom stereocenters. The van der Waals surface area contributed by atoms with Crippen molar-refractivity contribution in [3.05, 3.63) is 101 Å². The predicted octanol–water partition coefficient (Wildman–Crippen LogP) is 5.21. The Morgan fingerprint density at radius 3 is 2.60 bits per heavy atom. The van der Waals surface area contributed by atoms with Crippen LogP contribution in [0.1, 0.15) is 16.7 Å². The van der Waals surface area contributed by atoms with E-state index in [-0.39, 0.29) is 5.91 Å². The molecule has 0 spiro atoms. The lowest BCUT2D eigenvalue weighted by Gasteiger charge is -2.07. The van der Waals surface area contributed by atoms with Crippen LogP contribution >= 0.6 is 11.6 Å². The van der Waals surface area contributed by atoms with Gasteiger partial charge in [0, 0.05) is 35.2 Å². The highest BCUT2D eigenvalue weighted by Crippen LogP contribution is 2.23. The van der Waals surface area contributed by atoms with Crippen molar-refractivity contribution in [3.8, 4) is 5.75 Å². The Kier molecular flexibility index (Phi) is 6.05. The minimum Gasteiger partial charge on any atom is -0.497 e. The molecule has 1 heterocycles. The van der Waals surface area contributed by atoms with E-state index in [0.717, 1.165) is 44.9 Å². The molecule has 4 nitrogen and oxygen atoms in total. The van der Waals surface area contributed by atoms with E-state index in [9.17, 15) is 4.79 Å². The maximum atomic E-state index is 12.6. The topological polar surface area (TPSA) is 43.3 Å². The number of nitrogens with zero attached hydrogens (tertiary/aromatic N) is 1. The second-order valence-electron chi connectivity index (χ2n) is 7.23. The number of amides is 1. The monoisotopic (exact) mass is 418 g/mol. The molecule has 152 valence electrons. The summed E-state index contributed by atoms with van der Waals surface area (Å²) in [7, 11) is 1.64. The van der Waals surface area contributed by atoms with Gasteiger partial charge in [-0.15, -0.1) is 0 Å². The van der Waals surface area contributed by atoms with Gasteiger partial charge in [0.05, 0.1) is 13.5 Å². The molecule has 0 aliphatic heterocycles. The standard InChI is InChI=1S/C25H23ClN2O2/c1-30-22-6-4-5-19(13-22)15-27-25(29)14-20-17-28(24-8-3-2-7-23(20)24)16-18-9-11-21(26)12-10-18/h2-13,17H,14-16H2,1H3,(H,27,29). The van der Waals surface area contributed by atoms with Crippen LogP contribution in [0.3, 0.4) is 0 Å². The molecule has 1 N–H and O–H groups in total. The molecule has 0 fully saturated rings. The molecule has 1 amide bonds. The van der Waals surface area contributed by atoms with Crippen LogP contribution in [-0.4, -0.2) is 17.6 Å². The van der Waals surface area contributed by atoms with Gasteiger partial charge in [0.25, 0.3) is 0 Å². The lowest BCUT2D eigenvalue weighted by molar-refractivity contribution is -0.120. The van der Waals surface area contributed by atoms with E-state index in [1.54, 1.807) is 7.11 Å². The molecule has 4 aromatic rings. The number of halogens is 1.